The molecule has 1 saturated heterocycles. The number of amides is 1. The first-order valence-electron chi connectivity index (χ1n) is 6.80. The summed E-state index contributed by atoms with van der Waals surface area (Å²) in [6.45, 7) is 6.04. The predicted molar refractivity (Wildman–Crippen MR) is 66.9 cm³/mol. The third kappa shape index (κ3) is 3.02. The number of carbonyl (C=O) groups excluding carboxylic acids is 2. The van der Waals surface area contributed by atoms with Crippen molar-refractivity contribution in [1.29, 1.82) is 0 Å². The first kappa shape index (κ1) is 13.3. The molecule has 102 valence electrons. The fourth-order valence-corrected chi connectivity index (χ4v) is 2.25. The quantitative estimate of drug-likeness (QED) is 0.697. The second kappa shape index (κ2) is 5.69. The molecule has 1 saturated carbocycles. The van der Waals surface area contributed by atoms with Gasteiger partial charge in [0, 0.05) is 12.0 Å². The zero-order valence-corrected chi connectivity index (χ0v) is 11.1. The van der Waals surface area contributed by atoms with Gasteiger partial charge in [-0.05, 0) is 38.8 Å². The van der Waals surface area contributed by atoms with E-state index in [4.69, 9.17) is 4.74 Å². The SMILES string of the molecule is CCOC(=O)CN(C(=O)C(C)C1CNC1)C1CC1. The Hall–Kier alpha value is -1.10. The van der Waals surface area contributed by atoms with Gasteiger partial charge in [-0.25, -0.2) is 0 Å². The molecule has 0 aromatic heterocycles. The van der Waals surface area contributed by atoms with Gasteiger partial charge in [-0.2, -0.15) is 0 Å². The molecule has 0 aromatic rings. The van der Waals surface area contributed by atoms with Gasteiger partial charge in [0.1, 0.15) is 6.54 Å². The summed E-state index contributed by atoms with van der Waals surface area (Å²) >= 11 is 0. The number of carbonyl (C=O) groups is 2. The van der Waals surface area contributed by atoms with E-state index < -0.39 is 0 Å². The first-order chi connectivity index (χ1) is 8.63. The van der Waals surface area contributed by atoms with Crippen molar-refractivity contribution in [2.75, 3.05) is 26.2 Å². The van der Waals surface area contributed by atoms with Gasteiger partial charge in [0.2, 0.25) is 5.91 Å². The van der Waals surface area contributed by atoms with Crippen LogP contribution in [0.25, 0.3) is 0 Å². The van der Waals surface area contributed by atoms with Crippen LogP contribution in [0.15, 0.2) is 0 Å². The Kier molecular flexibility index (Phi) is 4.22. The van der Waals surface area contributed by atoms with Crippen LogP contribution in [0.1, 0.15) is 26.7 Å². The molecule has 0 radical (unpaired) electrons. The molecule has 1 amide bonds. The third-order valence-electron chi connectivity index (χ3n) is 3.79. The Morgan fingerprint density at radius 2 is 2.06 bits per heavy atom. The summed E-state index contributed by atoms with van der Waals surface area (Å²) in [5.74, 6) is 0.232. The highest BCUT2D eigenvalue weighted by molar-refractivity contribution is 5.84. The summed E-state index contributed by atoms with van der Waals surface area (Å²) in [6, 6.07) is 0.261. The highest BCUT2D eigenvalue weighted by atomic mass is 16.5. The molecule has 2 rings (SSSR count). The molecular formula is C13H22N2O3. The van der Waals surface area contributed by atoms with Crippen LogP contribution in [-0.4, -0.2) is 49.1 Å². The van der Waals surface area contributed by atoms with Crippen molar-refractivity contribution < 1.29 is 14.3 Å². The van der Waals surface area contributed by atoms with Gasteiger partial charge in [0.15, 0.2) is 0 Å². The first-order valence-corrected chi connectivity index (χ1v) is 6.80. The van der Waals surface area contributed by atoms with E-state index in [-0.39, 0.29) is 30.4 Å². The average Bonchev–Trinajstić information content (AvgIpc) is 3.06. The maximum absolute atomic E-state index is 12.4. The molecule has 2 fully saturated rings. The van der Waals surface area contributed by atoms with Gasteiger partial charge in [0.05, 0.1) is 6.61 Å². The van der Waals surface area contributed by atoms with Crippen LogP contribution in [0.3, 0.4) is 0 Å². The van der Waals surface area contributed by atoms with Crippen LogP contribution >= 0.6 is 0 Å². The summed E-state index contributed by atoms with van der Waals surface area (Å²) in [5, 5.41) is 3.18. The van der Waals surface area contributed by atoms with Crippen molar-refractivity contribution in [3.63, 3.8) is 0 Å². The molecule has 0 bridgehead atoms. The Bertz CT molecular complexity index is 324. The van der Waals surface area contributed by atoms with Gasteiger partial charge in [0.25, 0.3) is 0 Å². The molecule has 1 unspecified atom stereocenters. The summed E-state index contributed by atoms with van der Waals surface area (Å²) in [6.07, 6.45) is 2.03. The van der Waals surface area contributed by atoms with E-state index in [0.29, 0.717) is 12.5 Å². The smallest absolute Gasteiger partial charge is 0.325 e. The van der Waals surface area contributed by atoms with Crippen LogP contribution in [0.4, 0.5) is 0 Å². The standard InChI is InChI=1S/C13H22N2O3/c1-3-18-12(16)8-15(11-4-5-11)13(17)9(2)10-6-14-7-10/h9-11,14H,3-8H2,1-2H3. The number of rotatable bonds is 6. The second-order valence-electron chi connectivity index (χ2n) is 5.21. The minimum atomic E-state index is -0.295. The highest BCUT2D eigenvalue weighted by Gasteiger charge is 2.39. The zero-order chi connectivity index (χ0) is 13.1. The fraction of sp³-hybridized carbons (Fsp3) is 0.846. The topological polar surface area (TPSA) is 58.6 Å². The Labute approximate surface area is 108 Å². The molecule has 0 aromatic carbocycles. The fourth-order valence-electron chi connectivity index (χ4n) is 2.25. The number of hydrogen-bond donors (Lipinski definition) is 1. The summed E-state index contributed by atoms with van der Waals surface area (Å²) in [7, 11) is 0. The lowest BCUT2D eigenvalue weighted by Gasteiger charge is -2.34. The monoisotopic (exact) mass is 254 g/mol. The minimum absolute atomic E-state index is 0.00118. The number of hydrogen-bond acceptors (Lipinski definition) is 4. The predicted octanol–water partition coefficient (Wildman–Crippen LogP) is 0.396. The molecule has 2 aliphatic rings. The molecule has 5 heteroatoms. The summed E-state index contributed by atoms with van der Waals surface area (Å²) in [5.41, 5.74) is 0. The van der Waals surface area contributed by atoms with Crippen molar-refractivity contribution in [2.24, 2.45) is 11.8 Å². The molecule has 18 heavy (non-hydrogen) atoms. The van der Waals surface area contributed by atoms with E-state index in [1.807, 2.05) is 6.92 Å². The van der Waals surface area contributed by atoms with E-state index in [1.165, 1.54) is 0 Å². The maximum Gasteiger partial charge on any atom is 0.325 e. The van der Waals surface area contributed by atoms with Crippen LogP contribution in [0.5, 0.6) is 0 Å². The van der Waals surface area contributed by atoms with E-state index in [0.717, 1.165) is 25.9 Å². The molecule has 1 heterocycles. The van der Waals surface area contributed by atoms with Gasteiger partial charge >= 0.3 is 5.97 Å². The third-order valence-corrected chi connectivity index (χ3v) is 3.79. The van der Waals surface area contributed by atoms with Crippen molar-refractivity contribution in [3.8, 4) is 0 Å². The summed E-state index contributed by atoms with van der Waals surface area (Å²) in [4.78, 5) is 25.6. The molecule has 1 N–H and O–H groups in total. The number of nitrogens with zero attached hydrogens (tertiary/aromatic N) is 1. The van der Waals surface area contributed by atoms with Crippen molar-refractivity contribution in [2.45, 2.75) is 32.7 Å². The Balaban J connectivity index is 1.91. The Morgan fingerprint density at radius 3 is 2.50 bits per heavy atom. The Morgan fingerprint density at radius 1 is 1.39 bits per heavy atom. The molecule has 1 atom stereocenters. The maximum atomic E-state index is 12.4. The van der Waals surface area contributed by atoms with Crippen molar-refractivity contribution in [1.82, 2.24) is 10.2 Å². The molecular weight excluding hydrogens is 232 g/mol. The average molecular weight is 254 g/mol. The highest BCUT2D eigenvalue weighted by Crippen LogP contribution is 2.30. The number of ether oxygens (including phenoxy) is 1. The lowest BCUT2D eigenvalue weighted by molar-refractivity contribution is -0.151. The lowest BCUT2D eigenvalue weighted by atomic mass is 9.88. The lowest BCUT2D eigenvalue weighted by Crippen LogP contribution is -2.51. The van der Waals surface area contributed by atoms with Crippen molar-refractivity contribution >= 4 is 11.9 Å². The van der Waals surface area contributed by atoms with Crippen LogP contribution in [-0.2, 0) is 14.3 Å². The molecule has 5 nitrogen and oxygen atoms in total. The minimum Gasteiger partial charge on any atom is -0.465 e. The van der Waals surface area contributed by atoms with Gasteiger partial charge < -0.3 is 15.0 Å². The van der Waals surface area contributed by atoms with Gasteiger partial charge in [-0.1, -0.05) is 6.92 Å². The van der Waals surface area contributed by atoms with Crippen LogP contribution in [0, 0.1) is 11.8 Å². The van der Waals surface area contributed by atoms with Gasteiger partial charge in [-0.3, -0.25) is 9.59 Å². The van der Waals surface area contributed by atoms with E-state index in [2.05, 4.69) is 5.32 Å². The molecule has 1 aliphatic carbocycles. The van der Waals surface area contributed by atoms with Crippen molar-refractivity contribution in [3.05, 3.63) is 0 Å². The zero-order valence-electron chi connectivity index (χ0n) is 11.1. The van der Waals surface area contributed by atoms with Gasteiger partial charge in [-0.15, -0.1) is 0 Å². The van der Waals surface area contributed by atoms with E-state index >= 15 is 0 Å². The second-order valence-corrected chi connectivity index (χ2v) is 5.21. The molecule has 0 spiro atoms. The van der Waals surface area contributed by atoms with E-state index in [9.17, 15) is 9.59 Å². The number of nitrogens with one attached hydrogen (secondary N) is 1. The largest absolute Gasteiger partial charge is 0.465 e. The summed E-state index contributed by atoms with van der Waals surface area (Å²) < 4.78 is 4.94. The van der Waals surface area contributed by atoms with Crippen LogP contribution in [0.2, 0.25) is 0 Å². The van der Waals surface area contributed by atoms with Crippen LogP contribution < -0.4 is 5.32 Å². The normalized spacial score (nSPS) is 21.0. The van der Waals surface area contributed by atoms with E-state index in [1.54, 1.807) is 11.8 Å². The number of esters is 1. The molecule has 1 aliphatic heterocycles.